The van der Waals surface area contributed by atoms with E-state index in [-0.39, 0.29) is 5.97 Å². The largest absolute Gasteiger partial charge is 0.464 e. The van der Waals surface area contributed by atoms with Gasteiger partial charge in [0.25, 0.3) is 0 Å². The van der Waals surface area contributed by atoms with Crippen molar-refractivity contribution in [1.29, 1.82) is 0 Å². The molecule has 1 aromatic carbocycles. The third-order valence-electron chi connectivity index (χ3n) is 2.42. The van der Waals surface area contributed by atoms with E-state index in [1.54, 1.807) is 6.92 Å². The molecule has 3 heteroatoms. The van der Waals surface area contributed by atoms with Crippen LogP contribution in [0, 0.1) is 6.92 Å². The number of rotatable bonds is 5. The first kappa shape index (κ1) is 12.6. The van der Waals surface area contributed by atoms with Gasteiger partial charge >= 0.3 is 5.97 Å². The lowest BCUT2D eigenvalue weighted by molar-refractivity contribution is -0.142. The predicted molar refractivity (Wildman–Crippen MR) is 65.7 cm³/mol. The molecular formula is C13H19NO2. The highest BCUT2D eigenvalue weighted by molar-refractivity contribution is 5.68. The fourth-order valence-corrected chi connectivity index (χ4v) is 1.39. The minimum absolute atomic E-state index is 0.141. The number of carbonyl (C=O) groups excluding carboxylic acids is 1. The van der Waals surface area contributed by atoms with Gasteiger partial charge < -0.3 is 9.64 Å². The molecule has 0 aromatic heterocycles. The normalized spacial score (nSPS) is 9.94. The van der Waals surface area contributed by atoms with Gasteiger partial charge in [-0.3, -0.25) is 4.79 Å². The highest BCUT2D eigenvalue weighted by Gasteiger charge is 2.02. The number of hydrogen-bond donors (Lipinski definition) is 0. The Labute approximate surface area is 97.0 Å². The van der Waals surface area contributed by atoms with Crippen LogP contribution >= 0.6 is 0 Å². The monoisotopic (exact) mass is 221 g/mol. The van der Waals surface area contributed by atoms with Gasteiger partial charge in [0, 0.05) is 19.2 Å². The number of anilines is 1. The summed E-state index contributed by atoms with van der Waals surface area (Å²) in [5.41, 5.74) is 2.38. The van der Waals surface area contributed by atoms with E-state index in [1.807, 2.05) is 13.1 Å². The second-order valence-electron chi connectivity index (χ2n) is 3.83. The van der Waals surface area contributed by atoms with Crippen molar-refractivity contribution in [3.63, 3.8) is 0 Å². The van der Waals surface area contributed by atoms with Gasteiger partial charge in [0.1, 0.15) is 6.61 Å². The van der Waals surface area contributed by atoms with Crippen molar-refractivity contribution in [2.24, 2.45) is 0 Å². The summed E-state index contributed by atoms with van der Waals surface area (Å²) in [6.07, 6.45) is 0.439. The molecule has 16 heavy (non-hydrogen) atoms. The number of esters is 1. The lowest BCUT2D eigenvalue weighted by atomic mass is 10.2. The SMILES string of the molecule is CCC(=O)OCCN(C)c1cccc(C)c1. The van der Waals surface area contributed by atoms with Crippen molar-refractivity contribution in [2.75, 3.05) is 25.1 Å². The zero-order chi connectivity index (χ0) is 12.0. The maximum Gasteiger partial charge on any atom is 0.305 e. The maximum absolute atomic E-state index is 10.9. The van der Waals surface area contributed by atoms with Gasteiger partial charge in [-0.15, -0.1) is 0 Å². The van der Waals surface area contributed by atoms with Crippen molar-refractivity contribution in [2.45, 2.75) is 20.3 Å². The molecule has 0 N–H and O–H groups in total. The molecule has 0 saturated carbocycles. The van der Waals surface area contributed by atoms with Crippen LogP contribution in [-0.2, 0) is 9.53 Å². The van der Waals surface area contributed by atoms with E-state index in [0.29, 0.717) is 13.0 Å². The molecule has 88 valence electrons. The molecule has 0 spiro atoms. The summed E-state index contributed by atoms with van der Waals surface area (Å²) in [6, 6.07) is 8.25. The number of benzene rings is 1. The molecule has 0 heterocycles. The lowest BCUT2D eigenvalue weighted by Gasteiger charge is -2.19. The average Bonchev–Trinajstić information content (AvgIpc) is 2.28. The van der Waals surface area contributed by atoms with Crippen molar-refractivity contribution >= 4 is 11.7 Å². The third kappa shape index (κ3) is 3.93. The topological polar surface area (TPSA) is 29.5 Å². The molecule has 0 saturated heterocycles. The van der Waals surface area contributed by atoms with Gasteiger partial charge in [-0.05, 0) is 24.6 Å². The maximum atomic E-state index is 10.9. The first-order valence-corrected chi connectivity index (χ1v) is 5.57. The minimum Gasteiger partial charge on any atom is -0.464 e. The molecule has 3 nitrogen and oxygen atoms in total. The quantitative estimate of drug-likeness (QED) is 0.715. The van der Waals surface area contributed by atoms with E-state index < -0.39 is 0 Å². The number of aryl methyl sites for hydroxylation is 1. The van der Waals surface area contributed by atoms with E-state index in [4.69, 9.17) is 4.74 Å². The fourth-order valence-electron chi connectivity index (χ4n) is 1.39. The summed E-state index contributed by atoms with van der Waals surface area (Å²) in [5.74, 6) is -0.141. The smallest absolute Gasteiger partial charge is 0.305 e. The van der Waals surface area contributed by atoms with E-state index in [0.717, 1.165) is 12.2 Å². The Morgan fingerprint density at radius 3 is 2.81 bits per heavy atom. The van der Waals surface area contributed by atoms with Gasteiger partial charge in [-0.25, -0.2) is 0 Å². The molecule has 0 bridgehead atoms. The zero-order valence-corrected chi connectivity index (χ0v) is 10.2. The van der Waals surface area contributed by atoms with Crippen LogP contribution < -0.4 is 4.90 Å². The van der Waals surface area contributed by atoms with Gasteiger partial charge in [0.2, 0.25) is 0 Å². The van der Waals surface area contributed by atoms with Gasteiger partial charge in [0.05, 0.1) is 6.54 Å². The number of nitrogens with zero attached hydrogens (tertiary/aromatic N) is 1. The first-order valence-electron chi connectivity index (χ1n) is 5.57. The van der Waals surface area contributed by atoms with E-state index >= 15 is 0 Å². The van der Waals surface area contributed by atoms with Crippen molar-refractivity contribution in [3.05, 3.63) is 29.8 Å². The Morgan fingerprint density at radius 1 is 1.44 bits per heavy atom. The highest BCUT2D eigenvalue weighted by Crippen LogP contribution is 2.13. The van der Waals surface area contributed by atoms with Crippen LogP contribution in [0.5, 0.6) is 0 Å². The van der Waals surface area contributed by atoms with Crippen LogP contribution in [0.25, 0.3) is 0 Å². The van der Waals surface area contributed by atoms with Crippen molar-refractivity contribution in [3.8, 4) is 0 Å². The van der Waals surface area contributed by atoms with Crippen LogP contribution in [0.3, 0.4) is 0 Å². The Kier molecular flexibility index (Phi) is 4.83. The average molecular weight is 221 g/mol. The summed E-state index contributed by atoms with van der Waals surface area (Å²) >= 11 is 0. The Balaban J connectivity index is 2.40. The van der Waals surface area contributed by atoms with Crippen molar-refractivity contribution < 1.29 is 9.53 Å². The Bertz CT molecular complexity index is 350. The summed E-state index contributed by atoms with van der Waals surface area (Å²) in [4.78, 5) is 13.0. The van der Waals surface area contributed by atoms with Crippen LogP contribution in [0.2, 0.25) is 0 Å². The van der Waals surface area contributed by atoms with Crippen LogP contribution in [0.15, 0.2) is 24.3 Å². The number of ether oxygens (including phenoxy) is 1. The lowest BCUT2D eigenvalue weighted by Crippen LogP contribution is -2.23. The van der Waals surface area contributed by atoms with E-state index in [1.165, 1.54) is 5.56 Å². The molecule has 0 fully saturated rings. The molecule has 1 aromatic rings. The van der Waals surface area contributed by atoms with Gasteiger partial charge in [-0.1, -0.05) is 19.1 Å². The molecule has 0 aliphatic rings. The molecule has 0 unspecified atom stereocenters. The molecule has 0 aliphatic heterocycles. The Hall–Kier alpha value is -1.51. The first-order chi connectivity index (χ1) is 7.63. The third-order valence-corrected chi connectivity index (χ3v) is 2.42. The molecule has 0 atom stereocenters. The number of carbonyl (C=O) groups is 1. The predicted octanol–water partition coefficient (Wildman–Crippen LogP) is 2.38. The number of hydrogen-bond acceptors (Lipinski definition) is 3. The molecule has 0 radical (unpaired) electrons. The highest BCUT2D eigenvalue weighted by atomic mass is 16.5. The van der Waals surface area contributed by atoms with Gasteiger partial charge in [-0.2, -0.15) is 0 Å². The Morgan fingerprint density at radius 2 is 2.19 bits per heavy atom. The standard InChI is InChI=1S/C13H19NO2/c1-4-13(15)16-9-8-14(3)12-7-5-6-11(2)10-12/h5-7,10H,4,8-9H2,1-3H3. The number of likely N-dealkylation sites (N-methyl/N-ethyl adjacent to an activating group) is 1. The second-order valence-corrected chi connectivity index (χ2v) is 3.83. The van der Waals surface area contributed by atoms with Gasteiger partial charge in [0.15, 0.2) is 0 Å². The van der Waals surface area contributed by atoms with Crippen molar-refractivity contribution in [1.82, 2.24) is 0 Å². The summed E-state index contributed by atoms with van der Waals surface area (Å²) in [5, 5.41) is 0. The van der Waals surface area contributed by atoms with Crippen LogP contribution in [-0.4, -0.2) is 26.2 Å². The fraction of sp³-hybridized carbons (Fsp3) is 0.462. The van der Waals surface area contributed by atoms with Crippen LogP contribution in [0.4, 0.5) is 5.69 Å². The molecular weight excluding hydrogens is 202 g/mol. The van der Waals surface area contributed by atoms with Crippen LogP contribution in [0.1, 0.15) is 18.9 Å². The molecule has 1 rings (SSSR count). The zero-order valence-electron chi connectivity index (χ0n) is 10.2. The minimum atomic E-state index is -0.141. The van der Waals surface area contributed by atoms with E-state index in [9.17, 15) is 4.79 Å². The summed E-state index contributed by atoms with van der Waals surface area (Å²) < 4.78 is 5.03. The van der Waals surface area contributed by atoms with E-state index in [2.05, 4.69) is 30.0 Å². The molecule has 0 amide bonds. The summed E-state index contributed by atoms with van der Waals surface area (Å²) in [6.45, 7) is 5.02. The molecule has 0 aliphatic carbocycles. The summed E-state index contributed by atoms with van der Waals surface area (Å²) in [7, 11) is 1.99. The second kappa shape index (κ2) is 6.16.